The Hall–Kier alpha value is -5.09. The van der Waals surface area contributed by atoms with Gasteiger partial charge in [-0.25, -0.2) is 0 Å². The molecule has 2 nitrogen and oxygen atoms in total. The first-order valence-corrected chi connectivity index (χ1v) is 15.8. The Morgan fingerprint density at radius 3 is 2.05 bits per heavy atom. The summed E-state index contributed by atoms with van der Waals surface area (Å²) in [4.78, 5) is 2.37. The van der Waals surface area contributed by atoms with E-state index in [1.165, 1.54) is 25.9 Å². The Balaban J connectivity index is 1.25. The summed E-state index contributed by atoms with van der Waals surface area (Å²) < 4.78 is 8.94. The van der Waals surface area contributed by atoms with Gasteiger partial charge >= 0.3 is 0 Å². The van der Waals surface area contributed by atoms with Gasteiger partial charge in [-0.1, -0.05) is 96.5 Å². The minimum absolute atomic E-state index is 0.700. The maximum Gasteiger partial charge on any atom is 0.143 e. The van der Waals surface area contributed by atoms with Gasteiger partial charge in [0, 0.05) is 47.7 Å². The number of thiophene rings is 1. The molecule has 2 heterocycles. The molecule has 4 heteroatoms. The number of hydrogen-bond acceptors (Lipinski definition) is 3. The highest BCUT2D eigenvalue weighted by Crippen LogP contribution is 2.46. The number of fused-ring (bicyclic) bond motifs is 8. The summed E-state index contributed by atoms with van der Waals surface area (Å²) in [7, 11) is 0. The largest absolute Gasteiger partial charge is 0.455 e. The van der Waals surface area contributed by atoms with Crippen molar-refractivity contribution in [2.45, 2.75) is 0 Å². The SMILES string of the molecule is Clc1cccc2oc3c4ccccc4c(-c4ccc(N(c5ccccc5)c5cccc6sc7ccccc7c56)cc4)cc3c12. The van der Waals surface area contributed by atoms with Crippen molar-refractivity contribution in [3.05, 3.63) is 151 Å². The van der Waals surface area contributed by atoms with Crippen LogP contribution in [0.2, 0.25) is 5.02 Å². The van der Waals surface area contributed by atoms with E-state index in [4.69, 9.17) is 16.0 Å². The molecule has 0 radical (unpaired) electrons. The van der Waals surface area contributed by atoms with Gasteiger partial charge in [0.15, 0.2) is 0 Å². The van der Waals surface area contributed by atoms with E-state index >= 15 is 0 Å². The molecule has 0 aliphatic heterocycles. The Kier molecular flexibility index (Phi) is 5.77. The molecule has 44 heavy (non-hydrogen) atoms. The van der Waals surface area contributed by atoms with Gasteiger partial charge in [-0.2, -0.15) is 0 Å². The van der Waals surface area contributed by atoms with E-state index in [1.807, 2.05) is 29.5 Å². The highest BCUT2D eigenvalue weighted by atomic mass is 35.5. The van der Waals surface area contributed by atoms with E-state index < -0.39 is 0 Å². The van der Waals surface area contributed by atoms with Gasteiger partial charge in [0.25, 0.3) is 0 Å². The van der Waals surface area contributed by atoms with Crippen LogP contribution in [0.4, 0.5) is 17.1 Å². The normalized spacial score (nSPS) is 11.8. The monoisotopic (exact) mass is 601 g/mol. The molecule has 208 valence electrons. The van der Waals surface area contributed by atoms with Gasteiger partial charge < -0.3 is 9.32 Å². The fourth-order valence-corrected chi connectivity index (χ4v) is 7.98. The summed E-state index contributed by atoms with van der Waals surface area (Å²) in [5.74, 6) is 0. The molecule has 0 aliphatic carbocycles. The van der Waals surface area contributed by atoms with Crippen LogP contribution in [0.15, 0.2) is 150 Å². The van der Waals surface area contributed by atoms with E-state index in [0.717, 1.165) is 55.2 Å². The van der Waals surface area contributed by atoms with Crippen LogP contribution in [0.3, 0.4) is 0 Å². The lowest BCUT2D eigenvalue weighted by Gasteiger charge is -2.26. The Morgan fingerprint density at radius 1 is 0.523 bits per heavy atom. The average Bonchev–Trinajstić information content (AvgIpc) is 3.65. The molecule has 9 aromatic rings. The molecule has 0 aliphatic rings. The first kappa shape index (κ1) is 25.4. The van der Waals surface area contributed by atoms with E-state index in [1.54, 1.807) is 0 Å². The summed E-state index contributed by atoms with van der Waals surface area (Å²) in [5, 5.41) is 7.49. The van der Waals surface area contributed by atoms with E-state index in [0.29, 0.717) is 5.02 Å². The molecule has 0 fully saturated rings. The molecule has 9 rings (SSSR count). The maximum atomic E-state index is 6.70. The lowest BCUT2D eigenvalue weighted by atomic mass is 9.95. The van der Waals surface area contributed by atoms with Crippen molar-refractivity contribution < 1.29 is 4.42 Å². The van der Waals surface area contributed by atoms with Crippen LogP contribution in [0.25, 0.3) is 64.0 Å². The van der Waals surface area contributed by atoms with Crippen LogP contribution < -0.4 is 4.90 Å². The predicted molar refractivity (Wildman–Crippen MR) is 189 cm³/mol. The van der Waals surface area contributed by atoms with Crippen LogP contribution in [-0.4, -0.2) is 0 Å². The lowest BCUT2D eigenvalue weighted by Crippen LogP contribution is -2.10. The third-order valence-corrected chi connectivity index (χ3v) is 9.98. The van der Waals surface area contributed by atoms with E-state index in [9.17, 15) is 0 Å². The summed E-state index contributed by atoms with van der Waals surface area (Å²) in [5.41, 5.74) is 7.36. The second-order valence-electron chi connectivity index (χ2n) is 11.0. The van der Waals surface area contributed by atoms with Gasteiger partial charge in [0.2, 0.25) is 0 Å². The number of furan rings is 1. The molecule has 0 saturated carbocycles. The second kappa shape index (κ2) is 9.99. The van der Waals surface area contributed by atoms with Crippen molar-refractivity contribution in [1.29, 1.82) is 0 Å². The topological polar surface area (TPSA) is 16.4 Å². The molecule has 2 aromatic heterocycles. The van der Waals surface area contributed by atoms with Crippen molar-refractivity contribution >= 4 is 92.9 Å². The molecule has 0 spiro atoms. The lowest BCUT2D eigenvalue weighted by molar-refractivity contribution is 0.672. The summed E-state index contributed by atoms with van der Waals surface area (Å²) in [6, 6.07) is 51.4. The van der Waals surface area contributed by atoms with E-state index in [2.05, 4.69) is 132 Å². The molecule has 0 unspecified atom stereocenters. The zero-order valence-corrected chi connectivity index (χ0v) is 25.1. The minimum Gasteiger partial charge on any atom is -0.455 e. The highest BCUT2D eigenvalue weighted by molar-refractivity contribution is 7.26. The summed E-state index contributed by atoms with van der Waals surface area (Å²) in [6.45, 7) is 0. The van der Waals surface area contributed by atoms with E-state index in [-0.39, 0.29) is 0 Å². The predicted octanol–water partition coefficient (Wildman–Crippen LogP) is 12.9. The molecule has 0 atom stereocenters. The first-order valence-electron chi connectivity index (χ1n) is 14.6. The van der Waals surface area contributed by atoms with Gasteiger partial charge in [-0.05, 0) is 77.2 Å². The van der Waals surface area contributed by atoms with Crippen molar-refractivity contribution in [3.63, 3.8) is 0 Å². The number of halogens is 1. The number of hydrogen-bond donors (Lipinski definition) is 0. The quantitative estimate of drug-likeness (QED) is 0.199. The first-order chi connectivity index (χ1) is 21.7. The molecular formula is C40H24ClNOS. The molecule has 0 bridgehead atoms. The fraction of sp³-hybridized carbons (Fsp3) is 0. The minimum atomic E-state index is 0.700. The zero-order valence-electron chi connectivity index (χ0n) is 23.5. The number of para-hydroxylation sites is 1. The molecule has 0 N–H and O–H groups in total. The average molecular weight is 602 g/mol. The van der Waals surface area contributed by atoms with Gasteiger partial charge in [0.1, 0.15) is 11.2 Å². The van der Waals surface area contributed by atoms with Crippen molar-refractivity contribution in [3.8, 4) is 11.1 Å². The fourth-order valence-electron chi connectivity index (χ4n) is 6.58. The molecule has 0 saturated heterocycles. The number of benzene rings is 7. The van der Waals surface area contributed by atoms with Gasteiger partial charge in [0.05, 0.1) is 10.7 Å². The standard InChI is InChI=1S/C40H24ClNOS/c41-33-15-8-17-35-38(33)32-24-31(28-12-4-5-13-29(28)40(32)43-35)25-20-22-27(23-21-25)42(26-10-2-1-3-11-26)34-16-9-19-37-39(34)30-14-6-7-18-36(30)44-37/h1-24H. The highest BCUT2D eigenvalue weighted by Gasteiger charge is 2.20. The molecular weight excluding hydrogens is 578 g/mol. The van der Waals surface area contributed by atoms with Gasteiger partial charge in [-0.15, -0.1) is 11.3 Å². The Labute approximate surface area is 263 Å². The third kappa shape index (κ3) is 3.87. The van der Waals surface area contributed by atoms with Crippen LogP contribution in [0.1, 0.15) is 0 Å². The van der Waals surface area contributed by atoms with Crippen LogP contribution >= 0.6 is 22.9 Å². The Morgan fingerprint density at radius 2 is 1.20 bits per heavy atom. The maximum absolute atomic E-state index is 6.70. The smallest absolute Gasteiger partial charge is 0.143 e. The van der Waals surface area contributed by atoms with Crippen molar-refractivity contribution in [1.82, 2.24) is 0 Å². The van der Waals surface area contributed by atoms with Crippen LogP contribution in [0, 0.1) is 0 Å². The molecule has 0 amide bonds. The zero-order chi connectivity index (χ0) is 29.2. The number of rotatable bonds is 4. The second-order valence-corrected chi connectivity index (χ2v) is 12.5. The number of anilines is 3. The third-order valence-electron chi connectivity index (χ3n) is 8.52. The number of nitrogens with zero attached hydrogens (tertiary/aromatic N) is 1. The summed E-state index contributed by atoms with van der Waals surface area (Å²) in [6.07, 6.45) is 0. The van der Waals surface area contributed by atoms with Gasteiger partial charge in [-0.3, -0.25) is 0 Å². The molecule has 7 aromatic carbocycles. The summed E-state index contributed by atoms with van der Waals surface area (Å²) >= 11 is 8.55. The van der Waals surface area contributed by atoms with Crippen molar-refractivity contribution in [2.24, 2.45) is 0 Å². The van der Waals surface area contributed by atoms with Crippen LogP contribution in [0.5, 0.6) is 0 Å². The van der Waals surface area contributed by atoms with Crippen molar-refractivity contribution in [2.75, 3.05) is 4.90 Å². The Bertz CT molecular complexity index is 2510. The van der Waals surface area contributed by atoms with Crippen LogP contribution in [-0.2, 0) is 0 Å².